The second-order valence-electron chi connectivity index (χ2n) is 7.57. The van der Waals surface area contributed by atoms with Gasteiger partial charge in [-0.2, -0.15) is 0 Å². The third kappa shape index (κ3) is 7.73. The van der Waals surface area contributed by atoms with Crippen LogP contribution in [0.15, 0.2) is 29.3 Å². The van der Waals surface area contributed by atoms with E-state index in [1.54, 1.807) is 12.1 Å². The van der Waals surface area contributed by atoms with Gasteiger partial charge in [0.2, 0.25) is 5.91 Å². The molecular weight excluding hydrogens is 486 g/mol. The van der Waals surface area contributed by atoms with E-state index in [-0.39, 0.29) is 47.9 Å². The number of rotatable bonds is 7. The van der Waals surface area contributed by atoms with E-state index in [0.29, 0.717) is 25.6 Å². The van der Waals surface area contributed by atoms with Crippen LogP contribution in [0.4, 0.5) is 4.39 Å². The highest BCUT2D eigenvalue weighted by Crippen LogP contribution is 2.25. The summed E-state index contributed by atoms with van der Waals surface area (Å²) in [7, 11) is 0. The molecule has 6 nitrogen and oxygen atoms in total. The Balaban J connectivity index is 0.00000300. The van der Waals surface area contributed by atoms with E-state index in [4.69, 9.17) is 9.73 Å². The molecule has 0 radical (unpaired) electrons. The average molecular weight is 518 g/mol. The summed E-state index contributed by atoms with van der Waals surface area (Å²) < 4.78 is 19.3. The van der Waals surface area contributed by atoms with E-state index < -0.39 is 0 Å². The van der Waals surface area contributed by atoms with Gasteiger partial charge in [0.1, 0.15) is 11.9 Å². The van der Waals surface area contributed by atoms with Crippen LogP contribution in [0.25, 0.3) is 0 Å². The Morgan fingerprint density at radius 1 is 1.28 bits per heavy atom. The first-order chi connectivity index (χ1) is 13.5. The number of guanidine groups is 1. The lowest BCUT2D eigenvalue weighted by Gasteiger charge is -2.38. The summed E-state index contributed by atoms with van der Waals surface area (Å²) in [4.78, 5) is 18.7. The van der Waals surface area contributed by atoms with Crippen LogP contribution in [-0.4, -0.2) is 55.1 Å². The molecule has 3 rings (SSSR count). The van der Waals surface area contributed by atoms with Crippen LogP contribution >= 0.6 is 24.0 Å². The van der Waals surface area contributed by atoms with Crippen molar-refractivity contribution in [1.29, 1.82) is 0 Å². The third-order valence-corrected chi connectivity index (χ3v) is 4.90. The molecule has 1 aromatic rings. The molecule has 1 saturated carbocycles. The van der Waals surface area contributed by atoms with Crippen LogP contribution in [0, 0.1) is 5.82 Å². The first-order valence-electron chi connectivity index (χ1n) is 10.3. The fourth-order valence-electron chi connectivity index (χ4n) is 3.36. The van der Waals surface area contributed by atoms with Crippen molar-refractivity contribution in [3.8, 4) is 0 Å². The van der Waals surface area contributed by atoms with Crippen molar-refractivity contribution in [3.05, 3.63) is 35.6 Å². The second kappa shape index (κ2) is 11.7. The molecular formula is C21H32FIN4O2. The summed E-state index contributed by atoms with van der Waals surface area (Å²) >= 11 is 0. The number of benzene rings is 1. The Hall–Kier alpha value is -1.42. The molecule has 2 unspecified atom stereocenters. The van der Waals surface area contributed by atoms with Crippen molar-refractivity contribution >= 4 is 35.8 Å². The fourth-order valence-corrected chi connectivity index (χ4v) is 3.36. The maximum Gasteiger partial charge on any atom is 0.220 e. The van der Waals surface area contributed by atoms with Gasteiger partial charge in [0.25, 0.3) is 0 Å². The third-order valence-electron chi connectivity index (χ3n) is 4.90. The number of carbonyl (C=O) groups is 1. The van der Waals surface area contributed by atoms with Crippen LogP contribution in [-0.2, 0) is 9.53 Å². The maximum absolute atomic E-state index is 13.2. The Morgan fingerprint density at radius 2 is 2.00 bits per heavy atom. The number of morpholine rings is 1. The minimum Gasteiger partial charge on any atom is -0.367 e. The summed E-state index contributed by atoms with van der Waals surface area (Å²) in [6.07, 6.45) is 3.37. The lowest BCUT2D eigenvalue weighted by atomic mass is 10.1. The highest BCUT2D eigenvalue weighted by atomic mass is 127. The highest BCUT2D eigenvalue weighted by molar-refractivity contribution is 14.0. The standard InChI is InChI=1S/C21H31FN4O2.HI/c1-3-23-21(24-12-4-5-20(27)25-18-10-11-18)26-13-15(2)28-19(14-26)16-6-8-17(22)9-7-16;/h6-9,15,18-19H,3-5,10-14H2,1-2H3,(H,23,24)(H,25,27);1H. The SMILES string of the molecule is CCNC(=NCCCC(=O)NC1CC1)N1CC(C)OC(c2ccc(F)cc2)C1.I. The van der Waals surface area contributed by atoms with E-state index in [9.17, 15) is 9.18 Å². The maximum atomic E-state index is 13.2. The zero-order valence-electron chi connectivity index (χ0n) is 17.2. The number of aliphatic imine (C=N–C) groups is 1. The van der Waals surface area contributed by atoms with Crippen LogP contribution < -0.4 is 10.6 Å². The molecule has 2 aliphatic rings. The Morgan fingerprint density at radius 3 is 2.66 bits per heavy atom. The van der Waals surface area contributed by atoms with Gasteiger partial charge in [-0.05, 0) is 50.8 Å². The van der Waals surface area contributed by atoms with Gasteiger partial charge in [-0.1, -0.05) is 12.1 Å². The molecule has 1 amide bonds. The number of carbonyl (C=O) groups excluding carboxylic acids is 1. The van der Waals surface area contributed by atoms with Gasteiger partial charge < -0.3 is 20.3 Å². The molecule has 0 aromatic heterocycles. The number of nitrogens with one attached hydrogen (secondary N) is 2. The molecule has 2 fully saturated rings. The van der Waals surface area contributed by atoms with Crippen molar-refractivity contribution in [3.63, 3.8) is 0 Å². The van der Waals surface area contributed by atoms with E-state index in [1.807, 2.05) is 13.8 Å². The molecule has 0 spiro atoms. The molecule has 1 aromatic carbocycles. The van der Waals surface area contributed by atoms with E-state index >= 15 is 0 Å². The van der Waals surface area contributed by atoms with Gasteiger partial charge in [-0.25, -0.2) is 4.39 Å². The van der Waals surface area contributed by atoms with Crippen molar-refractivity contribution in [2.45, 2.75) is 57.8 Å². The number of hydrogen-bond acceptors (Lipinski definition) is 3. The minimum absolute atomic E-state index is 0. The number of amides is 1. The van der Waals surface area contributed by atoms with Gasteiger partial charge in [0.05, 0.1) is 12.6 Å². The number of ether oxygens (including phenoxy) is 1. The largest absolute Gasteiger partial charge is 0.367 e. The predicted octanol–water partition coefficient (Wildman–Crippen LogP) is 3.23. The Labute approximate surface area is 189 Å². The highest BCUT2D eigenvalue weighted by Gasteiger charge is 2.28. The monoisotopic (exact) mass is 518 g/mol. The molecule has 1 heterocycles. The van der Waals surface area contributed by atoms with Crippen molar-refractivity contribution in [2.24, 2.45) is 4.99 Å². The topological polar surface area (TPSA) is 66.0 Å². The lowest BCUT2D eigenvalue weighted by Crippen LogP contribution is -2.50. The average Bonchev–Trinajstić information content (AvgIpc) is 3.48. The number of nitrogens with zero attached hydrogens (tertiary/aromatic N) is 2. The normalized spacial score (nSPS) is 22.0. The van der Waals surface area contributed by atoms with Gasteiger partial charge in [0, 0.05) is 32.1 Å². The predicted molar refractivity (Wildman–Crippen MR) is 123 cm³/mol. The summed E-state index contributed by atoms with van der Waals surface area (Å²) in [5, 5.41) is 6.35. The first-order valence-corrected chi connectivity index (χ1v) is 10.3. The molecule has 1 saturated heterocycles. The summed E-state index contributed by atoms with van der Waals surface area (Å²) in [5.41, 5.74) is 0.963. The smallest absolute Gasteiger partial charge is 0.220 e. The molecule has 2 N–H and O–H groups in total. The summed E-state index contributed by atoms with van der Waals surface area (Å²) in [6, 6.07) is 6.90. The van der Waals surface area contributed by atoms with Crippen LogP contribution in [0.1, 0.15) is 51.2 Å². The van der Waals surface area contributed by atoms with Crippen LogP contribution in [0.5, 0.6) is 0 Å². The summed E-state index contributed by atoms with van der Waals surface area (Å²) in [5.74, 6) is 0.719. The van der Waals surface area contributed by atoms with E-state index in [2.05, 4.69) is 15.5 Å². The van der Waals surface area contributed by atoms with Gasteiger partial charge in [-0.3, -0.25) is 9.79 Å². The zero-order chi connectivity index (χ0) is 19.9. The van der Waals surface area contributed by atoms with Gasteiger partial charge >= 0.3 is 0 Å². The van der Waals surface area contributed by atoms with Crippen molar-refractivity contribution in [1.82, 2.24) is 15.5 Å². The molecule has 2 atom stereocenters. The molecule has 8 heteroatoms. The molecule has 29 heavy (non-hydrogen) atoms. The van der Waals surface area contributed by atoms with Crippen LogP contribution in [0.2, 0.25) is 0 Å². The minimum atomic E-state index is -0.245. The van der Waals surface area contributed by atoms with Crippen molar-refractivity contribution < 1.29 is 13.9 Å². The van der Waals surface area contributed by atoms with Gasteiger partial charge in [0.15, 0.2) is 5.96 Å². The fraction of sp³-hybridized carbons (Fsp3) is 0.619. The van der Waals surface area contributed by atoms with Crippen LogP contribution in [0.3, 0.4) is 0 Å². The molecule has 162 valence electrons. The van der Waals surface area contributed by atoms with E-state index in [0.717, 1.165) is 43.9 Å². The van der Waals surface area contributed by atoms with Crippen molar-refractivity contribution in [2.75, 3.05) is 26.2 Å². The number of halogens is 2. The Kier molecular flexibility index (Phi) is 9.61. The first kappa shape index (κ1) is 23.9. The van der Waals surface area contributed by atoms with Gasteiger partial charge in [-0.15, -0.1) is 24.0 Å². The second-order valence-corrected chi connectivity index (χ2v) is 7.57. The van der Waals surface area contributed by atoms with E-state index in [1.165, 1.54) is 12.1 Å². The Bertz CT molecular complexity index is 682. The lowest BCUT2D eigenvalue weighted by molar-refractivity contribution is -0.121. The molecule has 1 aliphatic carbocycles. The quantitative estimate of drug-likeness (QED) is 0.252. The molecule has 0 bridgehead atoms. The zero-order valence-corrected chi connectivity index (χ0v) is 19.5. The molecule has 1 aliphatic heterocycles. The summed E-state index contributed by atoms with van der Waals surface area (Å²) in [6.45, 7) is 6.85. The number of hydrogen-bond donors (Lipinski definition) is 2.